The van der Waals surface area contributed by atoms with E-state index in [9.17, 15) is 9.59 Å². The van der Waals surface area contributed by atoms with Crippen molar-refractivity contribution in [1.82, 2.24) is 20.2 Å². The minimum Gasteiger partial charge on any atom is -0.444 e. The second kappa shape index (κ2) is 8.33. The molecule has 1 N–H and O–H groups in total. The van der Waals surface area contributed by atoms with Crippen LogP contribution in [0.3, 0.4) is 0 Å². The van der Waals surface area contributed by atoms with Gasteiger partial charge in [0.2, 0.25) is 0 Å². The number of nitrogens with one attached hydrogen (secondary N) is 1. The summed E-state index contributed by atoms with van der Waals surface area (Å²) in [5, 5.41) is 2.87. The molecule has 2 amide bonds. The van der Waals surface area contributed by atoms with Crippen LogP contribution < -0.4 is 5.32 Å². The summed E-state index contributed by atoms with van der Waals surface area (Å²) in [5.74, 6) is -0.284. The molecule has 2 fully saturated rings. The molecular weight excluding hydrogens is 432 g/mol. The van der Waals surface area contributed by atoms with E-state index in [1.807, 2.05) is 26.8 Å². The Balaban J connectivity index is 1.63. The van der Waals surface area contributed by atoms with E-state index < -0.39 is 5.60 Å². The molecule has 0 aromatic carbocycles. The molecule has 4 rings (SSSR count). The molecule has 32 heavy (non-hydrogen) atoms. The van der Waals surface area contributed by atoms with Gasteiger partial charge in [0.1, 0.15) is 22.6 Å². The summed E-state index contributed by atoms with van der Waals surface area (Å²) in [6.07, 6.45) is 2.64. The van der Waals surface area contributed by atoms with Crippen molar-refractivity contribution in [3.8, 4) is 11.3 Å². The number of carbonyl (C=O) groups excluding carboxylic acids is 2. The Bertz CT molecular complexity index is 1050. The Hall–Kier alpha value is -2.71. The first-order valence-corrected chi connectivity index (χ1v) is 11.0. The monoisotopic (exact) mass is 458 g/mol. The number of carbonyl (C=O) groups is 2. The Morgan fingerprint density at radius 1 is 1.28 bits per heavy atom. The first kappa shape index (κ1) is 22.5. The predicted octanol–water partition coefficient (Wildman–Crippen LogP) is 4.00. The van der Waals surface area contributed by atoms with Crippen LogP contribution in [-0.2, 0) is 9.47 Å². The zero-order valence-electron chi connectivity index (χ0n) is 18.6. The third-order valence-corrected chi connectivity index (χ3v) is 5.61. The molecule has 9 heteroatoms. The molecule has 170 valence electrons. The van der Waals surface area contributed by atoms with Gasteiger partial charge in [-0.15, -0.1) is 0 Å². The fraction of sp³-hybridized carbons (Fsp3) is 0.478. The van der Waals surface area contributed by atoms with Crippen LogP contribution in [0.1, 0.15) is 55.8 Å². The number of hydrogen-bond acceptors (Lipinski definition) is 6. The highest BCUT2D eigenvalue weighted by Crippen LogP contribution is 2.47. The van der Waals surface area contributed by atoms with Gasteiger partial charge >= 0.3 is 6.09 Å². The lowest BCUT2D eigenvalue weighted by molar-refractivity contribution is -0.103. The standard InChI is InChI=1S/C23H27ClN4O4/c1-22(2,3)32-21(30)28-12-18(31-23(13-28)6-7-23)15-10-16(27-19(24)11-15)14-5-8-26-17(9-14)20(29)25-4/h5,8-11,18H,6-7,12-13H2,1-4H3,(H,25,29). The normalized spacial score (nSPS) is 19.5. The van der Waals surface area contributed by atoms with E-state index in [2.05, 4.69) is 15.3 Å². The lowest BCUT2D eigenvalue weighted by Crippen LogP contribution is -2.49. The maximum absolute atomic E-state index is 12.8. The fourth-order valence-electron chi connectivity index (χ4n) is 3.74. The van der Waals surface area contributed by atoms with Gasteiger partial charge in [-0.3, -0.25) is 9.78 Å². The second-order valence-electron chi connectivity index (χ2n) is 9.27. The fourth-order valence-corrected chi connectivity index (χ4v) is 3.95. The van der Waals surface area contributed by atoms with Crippen molar-refractivity contribution in [3.63, 3.8) is 0 Å². The van der Waals surface area contributed by atoms with E-state index in [0.29, 0.717) is 29.5 Å². The summed E-state index contributed by atoms with van der Waals surface area (Å²) in [7, 11) is 1.55. The molecule has 1 spiro atoms. The first-order chi connectivity index (χ1) is 15.1. The largest absolute Gasteiger partial charge is 0.444 e. The Morgan fingerprint density at radius 3 is 2.69 bits per heavy atom. The smallest absolute Gasteiger partial charge is 0.410 e. The maximum atomic E-state index is 12.8. The molecule has 1 saturated heterocycles. The molecule has 1 aliphatic heterocycles. The Labute approximate surface area is 192 Å². The van der Waals surface area contributed by atoms with Crippen LogP contribution in [0.15, 0.2) is 30.5 Å². The van der Waals surface area contributed by atoms with Gasteiger partial charge in [0.15, 0.2) is 0 Å². The molecule has 1 aliphatic carbocycles. The number of amides is 2. The van der Waals surface area contributed by atoms with Crippen LogP contribution in [0.2, 0.25) is 5.15 Å². The van der Waals surface area contributed by atoms with Crippen molar-refractivity contribution in [2.45, 2.75) is 50.9 Å². The number of morpholine rings is 1. The highest BCUT2D eigenvalue weighted by Gasteiger charge is 2.52. The van der Waals surface area contributed by atoms with Crippen molar-refractivity contribution in [3.05, 3.63) is 46.9 Å². The van der Waals surface area contributed by atoms with E-state index in [1.165, 1.54) is 0 Å². The number of rotatable bonds is 3. The molecule has 0 bridgehead atoms. The van der Waals surface area contributed by atoms with Gasteiger partial charge in [0.05, 0.1) is 24.4 Å². The van der Waals surface area contributed by atoms with E-state index in [1.54, 1.807) is 36.3 Å². The lowest BCUT2D eigenvalue weighted by atomic mass is 10.0. The highest BCUT2D eigenvalue weighted by molar-refractivity contribution is 6.29. The molecule has 0 radical (unpaired) electrons. The van der Waals surface area contributed by atoms with Crippen LogP contribution in [0.4, 0.5) is 4.79 Å². The van der Waals surface area contributed by atoms with E-state index >= 15 is 0 Å². The number of pyridine rings is 2. The van der Waals surface area contributed by atoms with E-state index in [-0.39, 0.29) is 29.4 Å². The van der Waals surface area contributed by atoms with Gasteiger partial charge in [-0.2, -0.15) is 0 Å². The van der Waals surface area contributed by atoms with Gasteiger partial charge in [-0.1, -0.05) is 11.6 Å². The average Bonchev–Trinajstić information content (AvgIpc) is 3.49. The Morgan fingerprint density at radius 2 is 2.03 bits per heavy atom. The van der Waals surface area contributed by atoms with Crippen molar-refractivity contribution < 1.29 is 19.1 Å². The maximum Gasteiger partial charge on any atom is 0.410 e. The zero-order valence-corrected chi connectivity index (χ0v) is 19.4. The molecule has 2 aromatic rings. The first-order valence-electron chi connectivity index (χ1n) is 10.6. The van der Waals surface area contributed by atoms with E-state index in [0.717, 1.165) is 18.4 Å². The molecule has 1 saturated carbocycles. The molecular formula is C23H27ClN4O4. The third kappa shape index (κ3) is 5.02. The Kier molecular flexibility index (Phi) is 5.85. The average molecular weight is 459 g/mol. The van der Waals surface area contributed by atoms with Crippen molar-refractivity contribution in [2.75, 3.05) is 20.1 Å². The lowest BCUT2D eigenvalue weighted by Gasteiger charge is -2.39. The van der Waals surface area contributed by atoms with Crippen LogP contribution >= 0.6 is 11.6 Å². The van der Waals surface area contributed by atoms with Crippen LogP contribution in [0, 0.1) is 0 Å². The summed E-state index contributed by atoms with van der Waals surface area (Å²) in [6.45, 7) is 6.44. The topological polar surface area (TPSA) is 93.7 Å². The summed E-state index contributed by atoms with van der Waals surface area (Å²) < 4.78 is 12.0. The number of hydrogen-bond donors (Lipinski definition) is 1. The van der Waals surface area contributed by atoms with Crippen LogP contribution in [-0.4, -0.2) is 58.2 Å². The number of aromatic nitrogens is 2. The van der Waals surface area contributed by atoms with Gasteiger partial charge in [-0.05, 0) is 63.4 Å². The molecule has 8 nitrogen and oxygen atoms in total. The number of halogens is 1. The second-order valence-corrected chi connectivity index (χ2v) is 9.65. The summed E-state index contributed by atoms with van der Waals surface area (Å²) in [5.41, 5.74) is 1.51. The SMILES string of the molecule is CNC(=O)c1cc(-c2cc(C3CN(C(=O)OC(C)(C)C)CC4(CC4)O3)cc(Cl)n2)ccn1. The zero-order chi connectivity index (χ0) is 23.1. The van der Waals surface area contributed by atoms with Crippen molar-refractivity contribution in [2.24, 2.45) is 0 Å². The number of ether oxygens (including phenoxy) is 2. The van der Waals surface area contributed by atoms with Crippen molar-refractivity contribution >= 4 is 23.6 Å². The van der Waals surface area contributed by atoms with Gasteiger partial charge in [0.25, 0.3) is 5.91 Å². The predicted molar refractivity (Wildman–Crippen MR) is 119 cm³/mol. The number of nitrogens with zero attached hydrogens (tertiary/aromatic N) is 3. The minimum absolute atomic E-state index is 0.284. The van der Waals surface area contributed by atoms with Gasteiger partial charge in [0, 0.05) is 18.8 Å². The van der Waals surface area contributed by atoms with Gasteiger partial charge in [-0.25, -0.2) is 9.78 Å². The molecule has 1 unspecified atom stereocenters. The molecule has 2 aromatic heterocycles. The summed E-state index contributed by atoms with van der Waals surface area (Å²) >= 11 is 6.35. The molecule has 1 atom stereocenters. The summed E-state index contributed by atoms with van der Waals surface area (Å²) in [4.78, 5) is 35.0. The quantitative estimate of drug-likeness (QED) is 0.699. The van der Waals surface area contributed by atoms with Crippen LogP contribution in [0.25, 0.3) is 11.3 Å². The van der Waals surface area contributed by atoms with Crippen molar-refractivity contribution in [1.29, 1.82) is 0 Å². The van der Waals surface area contributed by atoms with E-state index in [4.69, 9.17) is 21.1 Å². The molecule has 3 heterocycles. The van der Waals surface area contributed by atoms with Crippen LogP contribution in [0.5, 0.6) is 0 Å². The van der Waals surface area contributed by atoms with Gasteiger partial charge < -0.3 is 19.7 Å². The highest BCUT2D eigenvalue weighted by atomic mass is 35.5. The third-order valence-electron chi connectivity index (χ3n) is 5.42. The minimum atomic E-state index is -0.571. The molecule has 2 aliphatic rings. The summed E-state index contributed by atoms with van der Waals surface area (Å²) in [6, 6.07) is 7.07.